The molecule has 0 bridgehead atoms. The van der Waals surface area contributed by atoms with Gasteiger partial charge in [0.25, 0.3) is 0 Å². The van der Waals surface area contributed by atoms with Crippen molar-refractivity contribution in [2.75, 3.05) is 6.61 Å². The van der Waals surface area contributed by atoms with Crippen LogP contribution in [0.3, 0.4) is 0 Å². The van der Waals surface area contributed by atoms with Crippen molar-refractivity contribution in [1.29, 1.82) is 0 Å². The Kier molecular flexibility index (Phi) is 5.06. The number of aromatic nitrogens is 1. The van der Waals surface area contributed by atoms with Gasteiger partial charge in [0.05, 0.1) is 23.9 Å². The monoisotopic (exact) mass is 383 g/mol. The summed E-state index contributed by atoms with van der Waals surface area (Å²) in [6.07, 6.45) is 5.12. The van der Waals surface area contributed by atoms with Crippen LogP contribution in [0.15, 0.2) is 36.5 Å². The first-order chi connectivity index (χ1) is 13.5. The minimum Gasteiger partial charge on any atom is -0.494 e. The summed E-state index contributed by atoms with van der Waals surface area (Å²) in [5.41, 5.74) is 1.58. The Morgan fingerprint density at radius 2 is 2.07 bits per heavy atom. The maximum atomic E-state index is 14.4. The molecule has 1 aromatic carbocycles. The van der Waals surface area contributed by atoms with E-state index in [0.717, 1.165) is 36.9 Å². The van der Waals surface area contributed by atoms with E-state index in [4.69, 9.17) is 4.74 Å². The van der Waals surface area contributed by atoms with Gasteiger partial charge in [-0.2, -0.15) is 0 Å². The third kappa shape index (κ3) is 3.49. The lowest BCUT2D eigenvalue weighted by molar-refractivity contribution is -0.130. The molecule has 4 rings (SSSR count). The number of hydrogen-bond donors (Lipinski definition) is 2. The van der Waals surface area contributed by atoms with Crippen LogP contribution in [0.1, 0.15) is 51.3 Å². The van der Waals surface area contributed by atoms with Gasteiger partial charge in [0.2, 0.25) is 5.91 Å². The number of rotatable bonds is 4. The van der Waals surface area contributed by atoms with Gasteiger partial charge in [0.15, 0.2) is 0 Å². The van der Waals surface area contributed by atoms with Crippen LogP contribution in [0.25, 0.3) is 11.1 Å². The van der Waals surface area contributed by atoms with E-state index in [0.29, 0.717) is 17.9 Å². The second-order valence-electron chi connectivity index (χ2n) is 7.77. The molecule has 3 heterocycles. The van der Waals surface area contributed by atoms with Crippen LogP contribution >= 0.6 is 0 Å². The first kappa shape index (κ1) is 18.9. The molecule has 2 saturated heterocycles. The van der Waals surface area contributed by atoms with Crippen molar-refractivity contribution >= 4 is 5.91 Å². The average Bonchev–Trinajstić information content (AvgIpc) is 3.13. The van der Waals surface area contributed by atoms with Crippen LogP contribution in [-0.4, -0.2) is 29.1 Å². The molecule has 1 amide bonds. The van der Waals surface area contributed by atoms with E-state index < -0.39 is 5.54 Å². The Balaban J connectivity index is 1.59. The van der Waals surface area contributed by atoms with Crippen LogP contribution in [0, 0.1) is 5.82 Å². The number of amides is 1. The van der Waals surface area contributed by atoms with E-state index in [1.54, 1.807) is 24.4 Å². The van der Waals surface area contributed by atoms with Gasteiger partial charge in [0, 0.05) is 17.8 Å². The molecule has 0 saturated carbocycles. The van der Waals surface area contributed by atoms with Gasteiger partial charge in [0.1, 0.15) is 11.6 Å². The van der Waals surface area contributed by atoms with Crippen LogP contribution in [0.4, 0.5) is 4.39 Å². The van der Waals surface area contributed by atoms with E-state index in [2.05, 4.69) is 15.6 Å². The summed E-state index contributed by atoms with van der Waals surface area (Å²) < 4.78 is 19.9. The summed E-state index contributed by atoms with van der Waals surface area (Å²) >= 11 is 0. The lowest BCUT2D eigenvalue weighted by atomic mass is 9.85. The second kappa shape index (κ2) is 7.51. The van der Waals surface area contributed by atoms with E-state index in [-0.39, 0.29) is 23.8 Å². The average molecular weight is 383 g/mol. The lowest BCUT2D eigenvalue weighted by Gasteiger charge is -2.36. The molecule has 28 heavy (non-hydrogen) atoms. The Hall–Kier alpha value is -2.47. The quantitative estimate of drug-likeness (QED) is 0.844. The zero-order valence-corrected chi connectivity index (χ0v) is 16.3. The van der Waals surface area contributed by atoms with E-state index in [1.165, 1.54) is 6.07 Å². The zero-order valence-electron chi connectivity index (χ0n) is 16.3. The molecule has 2 fully saturated rings. The van der Waals surface area contributed by atoms with Crippen molar-refractivity contribution in [3.63, 3.8) is 0 Å². The number of pyridine rings is 1. The van der Waals surface area contributed by atoms with Gasteiger partial charge in [-0.15, -0.1) is 0 Å². The van der Waals surface area contributed by atoms with Crippen molar-refractivity contribution in [2.45, 2.75) is 57.2 Å². The number of piperidine rings is 1. The Labute approximate surface area is 164 Å². The van der Waals surface area contributed by atoms with E-state index >= 15 is 0 Å². The number of benzene rings is 1. The molecule has 0 unspecified atom stereocenters. The molecular weight excluding hydrogens is 357 g/mol. The number of carbonyl (C=O) groups is 1. The van der Waals surface area contributed by atoms with Gasteiger partial charge < -0.3 is 10.1 Å². The number of nitrogens with one attached hydrogen (secondary N) is 2. The summed E-state index contributed by atoms with van der Waals surface area (Å²) in [6.45, 7) is 4.46. The SMILES string of the molecule is CCOc1ccc(F)c(-c2ccnc([C@@H]3CC[C@@]4(CC[C@H](C)NC4=O)N3)c2)c1. The molecule has 0 aliphatic carbocycles. The number of nitrogens with zero attached hydrogens (tertiary/aromatic N) is 1. The minimum absolute atomic E-state index is 0.0164. The van der Waals surface area contributed by atoms with Crippen molar-refractivity contribution < 1.29 is 13.9 Å². The normalized spacial score (nSPS) is 27.0. The van der Waals surface area contributed by atoms with Crippen molar-refractivity contribution in [3.05, 3.63) is 48.0 Å². The van der Waals surface area contributed by atoms with E-state index in [1.807, 2.05) is 19.9 Å². The highest BCUT2D eigenvalue weighted by molar-refractivity contribution is 5.87. The molecule has 2 N–H and O–H groups in total. The third-order valence-corrected chi connectivity index (χ3v) is 5.82. The second-order valence-corrected chi connectivity index (χ2v) is 7.77. The zero-order chi connectivity index (χ0) is 19.7. The molecule has 3 atom stereocenters. The molecule has 2 aromatic rings. The molecule has 148 valence electrons. The molecule has 1 spiro atoms. The maximum Gasteiger partial charge on any atom is 0.240 e. The number of carbonyl (C=O) groups excluding carboxylic acids is 1. The number of halogens is 1. The molecule has 0 radical (unpaired) electrons. The highest BCUT2D eigenvalue weighted by Crippen LogP contribution is 2.38. The van der Waals surface area contributed by atoms with Crippen LogP contribution in [0.5, 0.6) is 5.75 Å². The predicted molar refractivity (Wildman–Crippen MR) is 105 cm³/mol. The Morgan fingerprint density at radius 3 is 2.86 bits per heavy atom. The number of hydrogen-bond acceptors (Lipinski definition) is 4. The minimum atomic E-state index is -0.505. The fourth-order valence-corrected chi connectivity index (χ4v) is 4.27. The topological polar surface area (TPSA) is 63.2 Å². The summed E-state index contributed by atoms with van der Waals surface area (Å²) in [7, 11) is 0. The van der Waals surface area contributed by atoms with Crippen LogP contribution in [0.2, 0.25) is 0 Å². The molecule has 6 heteroatoms. The molecule has 2 aliphatic rings. The Bertz CT molecular complexity index is 888. The largest absolute Gasteiger partial charge is 0.494 e. The highest BCUT2D eigenvalue weighted by Gasteiger charge is 2.47. The highest BCUT2D eigenvalue weighted by atomic mass is 19.1. The summed E-state index contributed by atoms with van der Waals surface area (Å²) in [5, 5.41) is 6.59. The fourth-order valence-electron chi connectivity index (χ4n) is 4.27. The predicted octanol–water partition coefficient (Wildman–Crippen LogP) is 3.75. The lowest BCUT2D eigenvalue weighted by Crippen LogP contribution is -2.59. The van der Waals surface area contributed by atoms with E-state index in [9.17, 15) is 9.18 Å². The van der Waals surface area contributed by atoms with Crippen molar-refractivity contribution in [3.8, 4) is 16.9 Å². The van der Waals surface area contributed by atoms with Crippen molar-refractivity contribution in [2.24, 2.45) is 0 Å². The van der Waals surface area contributed by atoms with Gasteiger partial charge in [-0.25, -0.2) is 4.39 Å². The third-order valence-electron chi connectivity index (χ3n) is 5.82. The summed E-state index contributed by atoms with van der Waals surface area (Å²) in [5.74, 6) is 0.431. The standard InChI is InChI=1S/C22H26FN3O2/c1-3-28-16-4-5-18(23)17(13-16)15-8-11-24-20(12-15)19-7-10-22(26-19)9-6-14(2)25-21(22)27/h4-5,8,11-14,19,26H,3,6-7,9-10H2,1-2H3,(H,25,27)/t14-,19-,22+/m0/s1. The first-order valence-electron chi connectivity index (χ1n) is 9.98. The number of ether oxygens (including phenoxy) is 1. The molecule has 2 aliphatic heterocycles. The summed E-state index contributed by atoms with van der Waals surface area (Å²) in [6, 6.07) is 8.70. The van der Waals surface area contributed by atoms with Gasteiger partial charge in [-0.3, -0.25) is 15.1 Å². The maximum absolute atomic E-state index is 14.4. The van der Waals surface area contributed by atoms with Crippen LogP contribution in [-0.2, 0) is 4.79 Å². The van der Waals surface area contributed by atoms with Crippen LogP contribution < -0.4 is 15.4 Å². The van der Waals surface area contributed by atoms with Gasteiger partial charge in [-0.1, -0.05) is 0 Å². The molecular formula is C22H26FN3O2. The fraction of sp³-hybridized carbons (Fsp3) is 0.455. The molecule has 1 aromatic heterocycles. The van der Waals surface area contributed by atoms with Gasteiger partial charge in [-0.05, 0) is 75.4 Å². The van der Waals surface area contributed by atoms with Gasteiger partial charge >= 0.3 is 0 Å². The Morgan fingerprint density at radius 1 is 1.25 bits per heavy atom. The first-order valence-corrected chi connectivity index (χ1v) is 9.98. The molecule has 5 nitrogen and oxygen atoms in total. The smallest absolute Gasteiger partial charge is 0.240 e. The summed E-state index contributed by atoms with van der Waals surface area (Å²) in [4.78, 5) is 17.1. The van der Waals surface area contributed by atoms with Crippen molar-refractivity contribution in [1.82, 2.24) is 15.6 Å².